The van der Waals surface area contributed by atoms with E-state index in [0.717, 1.165) is 11.4 Å². The van der Waals surface area contributed by atoms with Crippen molar-refractivity contribution in [2.24, 2.45) is 0 Å². The van der Waals surface area contributed by atoms with E-state index in [1.54, 1.807) is 6.20 Å². The summed E-state index contributed by atoms with van der Waals surface area (Å²) < 4.78 is 0. The van der Waals surface area contributed by atoms with Crippen LogP contribution in [0.25, 0.3) is 12.2 Å². The second-order valence-corrected chi connectivity index (χ2v) is 6.88. The fraction of sp³-hybridized carbons (Fsp3) is 0.120. The quantitative estimate of drug-likeness (QED) is 0.584. The number of hydrogen-bond acceptors (Lipinski definition) is 4. The first-order valence-electron chi connectivity index (χ1n) is 9.56. The highest BCUT2D eigenvalue weighted by atomic mass is 15.1. The minimum Gasteiger partial charge on any atom is -0.382 e. The number of benzene rings is 2. The van der Waals surface area contributed by atoms with Crippen LogP contribution in [0, 0.1) is 0 Å². The maximum Gasteiger partial charge on any atom is 0.145 e. The predicted molar refractivity (Wildman–Crippen MR) is 124 cm³/mol. The van der Waals surface area contributed by atoms with E-state index in [4.69, 9.17) is 5.73 Å². The number of allylic oxidation sites excluding steroid dienone is 4. The molecule has 2 aromatic carbocycles. The standard InChI is InChI=1S/C25H26N4/c1-29(2)23-16-14-20(15-17-23)10-6-3-4-9-13-22-19-27-25(26)24(28-22)18-21-11-7-5-8-12-21/h3-17,19H,18H2,1-2H3,(H2,26,27)/b4-3+,10-6+,13-9+. The van der Waals surface area contributed by atoms with E-state index in [0.29, 0.717) is 12.2 Å². The Labute approximate surface area is 172 Å². The number of anilines is 2. The summed E-state index contributed by atoms with van der Waals surface area (Å²) in [5.41, 5.74) is 11.1. The van der Waals surface area contributed by atoms with Crippen LogP contribution in [0.2, 0.25) is 0 Å². The molecule has 0 saturated heterocycles. The molecular weight excluding hydrogens is 356 g/mol. The number of nitrogen functional groups attached to an aromatic ring is 1. The van der Waals surface area contributed by atoms with Crippen molar-refractivity contribution in [1.29, 1.82) is 0 Å². The largest absolute Gasteiger partial charge is 0.382 e. The molecule has 2 N–H and O–H groups in total. The molecular formula is C25H26N4. The predicted octanol–water partition coefficient (Wildman–Crippen LogP) is 5.00. The molecule has 1 heterocycles. The van der Waals surface area contributed by atoms with Gasteiger partial charge in [0.15, 0.2) is 0 Å². The first-order chi connectivity index (χ1) is 14.1. The normalized spacial score (nSPS) is 11.7. The SMILES string of the molecule is CN(C)c1ccc(/C=C/C=C/C=C/c2cnc(N)c(Cc3ccccc3)n2)cc1. The van der Waals surface area contributed by atoms with E-state index >= 15 is 0 Å². The maximum atomic E-state index is 5.99. The summed E-state index contributed by atoms with van der Waals surface area (Å²) in [5, 5.41) is 0. The van der Waals surface area contributed by atoms with Crippen LogP contribution in [-0.2, 0) is 6.42 Å². The van der Waals surface area contributed by atoms with Gasteiger partial charge in [0, 0.05) is 26.2 Å². The van der Waals surface area contributed by atoms with Crippen molar-refractivity contribution in [2.45, 2.75) is 6.42 Å². The summed E-state index contributed by atoms with van der Waals surface area (Å²) in [4.78, 5) is 11.0. The number of nitrogens with two attached hydrogens (primary N) is 1. The van der Waals surface area contributed by atoms with Crippen LogP contribution in [0.15, 0.2) is 85.1 Å². The van der Waals surface area contributed by atoms with Gasteiger partial charge >= 0.3 is 0 Å². The Hall–Kier alpha value is -3.66. The third kappa shape index (κ3) is 6.18. The molecule has 3 rings (SSSR count). The van der Waals surface area contributed by atoms with Crippen LogP contribution in [0.1, 0.15) is 22.5 Å². The third-order valence-corrected chi connectivity index (χ3v) is 4.41. The molecule has 29 heavy (non-hydrogen) atoms. The zero-order valence-corrected chi connectivity index (χ0v) is 16.9. The Kier molecular flexibility index (Phi) is 6.95. The number of aromatic nitrogens is 2. The lowest BCUT2D eigenvalue weighted by molar-refractivity contribution is 1.03. The number of hydrogen-bond donors (Lipinski definition) is 1. The second-order valence-electron chi connectivity index (χ2n) is 6.88. The van der Waals surface area contributed by atoms with E-state index in [9.17, 15) is 0 Å². The van der Waals surface area contributed by atoms with Crippen LogP contribution < -0.4 is 10.6 Å². The van der Waals surface area contributed by atoms with Crippen LogP contribution in [0.5, 0.6) is 0 Å². The van der Waals surface area contributed by atoms with Gasteiger partial charge in [0.1, 0.15) is 5.82 Å². The second kappa shape index (κ2) is 10.0. The van der Waals surface area contributed by atoms with Gasteiger partial charge in [-0.3, -0.25) is 0 Å². The third-order valence-electron chi connectivity index (χ3n) is 4.41. The molecule has 0 fully saturated rings. The minimum atomic E-state index is 0.477. The fourth-order valence-corrected chi connectivity index (χ4v) is 2.78. The average molecular weight is 383 g/mol. The van der Waals surface area contributed by atoms with Crippen molar-refractivity contribution in [2.75, 3.05) is 24.7 Å². The maximum absolute atomic E-state index is 5.99. The van der Waals surface area contributed by atoms with Crippen molar-refractivity contribution in [3.05, 3.63) is 108 Å². The molecule has 0 unspecified atom stereocenters. The molecule has 0 bridgehead atoms. The summed E-state index contributed by atoms with van der Waals surface area (Å²) in [7, 11) is 4.08. The van der Waals surface area contributed by atoms with Crippen molar-refractivity contribution in [3.63, 3.8) is 0 Å². The van der Waals surface area contributed by atoms with Crippen LogP contribution >= 0.6 is 0 Å². The van der Waals surface area contributed by atoms with Crippen LogP contribution in [-0.4, -0.2) is 24.1 Å². The Morgan fingerprint density at radius 3 is 2.24 bits per heavy atom. The molecule has 0 radical (unpaired) electrons. The number of rotatable bonds is 7. The molecule has 0 aliphatic carbocycles. The van der Waals surface area contributed by atoms with Gasteiger partial charge in [0.25, 0.3) is 0 Å². The Bertz CT molecular complexity index is 1000. The van der Waals surface area contributed by atoms with Crippen molar-refractivity contribution in [1.82, 2.24) is 9.97 Å². The molecule has 4 nitrogen and oxygen atoms in total. The topological polar surface area (TPSA) is 55.0 Å². The summed E-state index contributed by atoms with van der Waals surface area (Å²) in [5.74, 6) is 0.477. The first-order valence-corrected chi connectivity index (χ1v) is 9.56. The fourth-order valence-electron chi connectivity index (χ4n) is 2.78. The summed E-state index contributed by atoms with van der Waals surface area (Å²) in [6.45, 7) is 0. The highest BCUT2D eigenvalue weighted by molar-refractivity contribution is 5.57. The minimum absolute atomic E-state index is 0.477. The van der Waals surface area contributed by atoms with E-state index in [1.807, 2.05) is 62.7 Å². The molecule has 4 heteroatoms. The van der Waals surface area contributed by atoms with Gasteiger partial charge in [0.2, 0.25) is 0 Å². The summed E-state index contributed by atoms with van der Waals surface area (Å²) >= 11 is 0. The molecule has 3 aromatic rings. The van der Waals surface area contributed by atoms with Gasteiger partial charge in [-0.25, -0.2) is 9.97 Å². The molecule has 0 atom stereocenters. The smallest absolute Gasteiger partial charge is 0.145 e. The number of nitrogens with zero attached hydrogens (tertiary/aromatic N) is 3. The summed E-state index contributed by atoms with van der Waals surface area (Å²) in [6, 6.07) is 18.6. The van der Waals surface area contributed by atoms with E-state index in [1.165, 1.54) is 16.8 Å². The monoisotopic (exact) mass is 382 g/mol. The van der Waals surface area contributed by atoms with Gasteiger partial charge in [0.05, 0.1) is 17.6 Å². The van der Waals surface area contributed by atoms with Crippen LogP contribution in [0.4, 0.5) is 11.5 Å². The first kappa shape index (κ1) is 20.1. The van der Waals surface area contributed by atoms with Gasteiger partial charge < -0.3 is 10.6 Å². The van der Waals surface area contributed by atoms with Crippen molar-refractivity contribution in [3.8, 4) is 0 Å². The molecule has 1 aromatic heterocycles. The molecule has 0 aliphatic rings. The van der Waals surface area contributed by atoms with Crippen molar-refractivity contribution < 1.29 is 0 Å². The molecule has 146 valence electrons. The van der Waals surface area contributed by atoms with Gasteiger partial charge in [-0.1, -0.05) is 72.8 Å². The van der Waals surface area contributed by atoms with E-state index in [2.05, 4.69) is 57.3 Å². The van der Waals surface area contributed by atoms with Crippen LogP contribution in [0.3, 0.4) is 0 Å². The van der Waals surface area contributed by atoms with Gasteiger partial charge in [-0.05, 0) is 29.3 Å². The lowest BCUT2D eigenvalue weighted by atomic mass is 10.1. The zero-order valence-electron chi connectivity index (χ0n) is 16.9. The molecule has 0 amide bonds. The lowest BCUT2D eigenvalue weighted by Gasteiger charge is -2.11. The highest BCUT2D eigenvalue weighted by Crippen LogP contribution is 2.14. The van der Waals surface area contributed by atoms with E-state index in [-0.39, 0.29) is 0 Å². The Balaban J connectivity index is 1.59. The van der Waals surface area contributed by atoms with Crippen molar-refractivity contribution >= 4 is 23.7 Å². The molecule has 0 aliphatic heterocycles. The van der Waals surface area contributed by atoms with E-state index < -0.39 is 0 Å². The molecule has 0 spiro atoms. The van der Waals surface area contributed by atoms with Gasteiger partial charge in [-0.15, -0.1) is 0 Å². The lowest BCUT2D eigenvalue weighted by Crippen LogP contribution is -2.07. The average Bonchev–Trinajstić information content (AvgIpc) is 2.74. The Morgan fingerprint density at radius 2 is 1.55 bits per heavy atom. The zero-order chi connectivity index (χ0) is 20.5. The van der Waals surface area contributed by atoms with Gasteiger partial charge in [-0.2, -0.15) is 0 Å². The Morgan fingerprint density at radius 1 is 0.862 bits per heavy atom. The molecule has 0 saturated carbocycles. The highest BCUT2D eigenvalue weighted by Gasteiger charge is 2.04. The summed E-state index contributed by atoms with van der Waals surface area (Å²) in [6.07, 6.45) is 14.3.